The smallest absolute Gasteiger partial charge is 0.325 e. The molecule has 1 saturated heterocycles. The van der Waals surface area contributed by atoms with Crippen molar-refractivity contribution >= 4 is 45.4 Å². The number of hydrogen-bond donors (Lipinski definition) is 3. The number of urea groups is 1. The van der Waals surface area contributed by atoms with Gasteiger partial charge in [0, 0.05) is 21.3 Å². The molecule has 0 unspecified atom stereocenters. The summed E-state index contributed by atoms with van der Waals surface area (Å²) in [5.41, 5.74) is 5.20. The van der Waals surface area contributed by atoms with Crippen molar-refractivity contribution in [3.05, 3.63) is 64.1 Å². The molecular formula is C19H17BrN4O4. The van der Waals surface area contributed by atoms with Crippen LogP contribution in [-0.2, 0) is 15.1 Å². The number of benzene rings is 2. The summed E-state index contributed by atoms with van der Waals surface area (Å²) in [6.45, 7) is 1.15. The van der Waals surface area contributed by atoms with E-state index in [1.807, 2.05) is 0 Å². The van der Waals surface area contributed by atoms with Crippen molar-refractivity contribution < 1.29 is 19.2 Å². The van der Waals surface area contributed by atoms with Crippen molar-refractivity contribution in [3.8, 4) is 0 Å². The molecular weight excluding hydrogens is 428 g/mol. The highest BCUT2D eigenvalue weighted by Gasteiger charge is 2.50. The molecule has 2 aromatic rings. The van der Waals surface area contributed by atoms with E-state index in [1.54, 1.807) is 31.2 Å². The molecule has 144 valence electrons. The molecule has 8 nitrogen and oxygen atoms in total. The molecule has 9 heteroatoms. The van der Waals surface area contributed by atoms with E-state index in [0.717, 1.165) is 4.90 Å². The van der Waals surface area contributed by atoms with Gasteiger partial charge in [0.15, 0.2) is 0 Å². The van der Waals surface area contributed by atoms with Gasteiger partial charge in [-0.05, 0) is 37.3 Å². The molecule has 1 atom stereocenters. The average molecular weight is 445 g/mol. The Kier molecular flexibility index (Phi) is 5.19. The minimum Gasteiger partial charge on any atom is -0.366 e. The first-order chi connectivity index (χ1) is 13.2. The summed E-state index contributed by atoms with van der Waals surface area (Å²) in [4.78, 5) is 49.5. The summed E-state index contributed by atoms with van der Waals surface area (Å²) in [5.74, 6) is -1.65. The Bertz CT molecular complexity index is 976. The Hall–Kier alpha value is -3.20. The minimum absolute atomic E-state index is 0.302. The highest BCUT2D eigenvalue weighted by Crippen LogP contribution is 2.33. The Morgan fingerprint density at radius 2 is 1.79 bits per heavy atom. The number of primary amides is 1. The van der Waals surface area contributed by atoms with Crippen LogP contribution in [-0.4, -0.2) is 35.2 Å². The predicted molar refractivity (Wildman–Crippen MR) is 105 cm³/mol. The summed E-state index contributed by atoms with van der Waals surface area (Å²) < 4.78 is 0.673. The molecule has 4 N–H and O–H groups in total. The minimum atomic E-state index is -1.28. The van der Waals surface area contributed by atoms with E-state index in [4.69, 9.17) is 5.73 Å². The van der Waals surface area contributed by atoms with Crippen molar-refractivity contribution in [3.63, 3.8) is 0 Å². The Balaban J connectivity index is 1.73. The van der Waals surface area contributed by atoms with Crippen molar-refractivity contribution in [2.24, 2.45) is 5.73 Å². The molecule has 0 aromatic heterocycles. The van der Waals surface area contributed by atoms with Gasteiger partial charge in [-0.1, -0.05) is 34.1 Å². The van der Waals surface area contributed by atoms with Crippen LogP contribution in [0, 0.1) is 0 Å². The Labute approximate surface area is 169 Å². The standard InChI is InChI=1S/C19H17BrN4O4/c1-19(13-4-2-3-5-14(13)20)17(27)24(18(28)23-19)10-15(25)22-12-8-6-11(7-9-12)16(21)26/h2-9H,10H2,1H3,(H2,21,26)(H,22,25)(H,23,28)/t19-/m1/s1. The van der Waals surface area contributed by atoms with Crippen LogP contribution in [0.15, 0.2) is 53.0 Å². The SMILES string of the molecule is C[C@]1(c2ccccc2Br)NC(=O)N(CC(=O)Nc2ccc(C(N)=O)cc2)C1=O. The second kappa shape index (κ2) is 7.43. The van der Waals surface area contributed by atoms with Crippen molar-refractivity contribution in [1.82, 2.24) is 10.2 Å². The molecule has 0 aliphatic carbocycles. The summed E-state index contributed by atoms with van der Waals surface area (Å²) in [6.07, 6.45) is 0. The van der Waals surface area contributed by atoms with E-state index in [-0.39, 0.29) is 0 Å². The largest absolute Gasteiger partial charge is 0.366 e. The zero-order valence-electron chi connectivity index (χ0n) is 14.9. The maximum Gasteiger partial charge on any atom is 0.325 e. The molecule has 1 aliphatic rings. The number of carbonyl (C=O) groups excluding carboxylic acids is 4. The molecule has 1 fully saturated rings. The fourth-order valence-corrected chi connectivity index (χ4v) is 3.63. The average Bonchev–Trinajstić information content (AvgIpc) is 2.86. The van der Waals surface area contributed by atoms with Crippen molar-refractivity contribution in [1.29, 1.82) is 0 Å². The van der Waals surface area contributed by atoms with Gasteiger partial charge in [0.2, 0.25) is 11.8 Å². The third kappa shape index (κ3) is 3.61. The fourth-order valence-electron chi connectivity index (χ4n) is 2.95. The molecule has 5 amide bonds. The van der Waals surface area contributed by atoms with Crippen LogP contribution in [0.3, 0.4) is 0 Å². The highest BCUT2D eigenvalue weighted by atomic mass is 79.9. The predicted octanol–water partition coefficient (Wildman–Crippen LogP) is 1.95. The van der Waals surface area contributed by atoms with Crippen LogP contribution in [0.1, 0.15) is 22.8 Å². The Morgan fingerprint density at radius 1 is 1.14 bits per heavy atom. The first-order valence-electron chi connectivity index (χ1n) is 8.31. The third-order valence-corrected chi connectivity index (χ3v) is 5.13. The van der Waals surface area contributed by atoms with Crippen molar-refractivity contribution in [2.75, 3.05) is 11.9 Å². The maximum absolute atomic E-state index is 12.9. The number of halogens is 1. The molecule has 1 heterocycles. The number of rotatable bonds is 5. The zero-order valence-corrected chi connectivity index (χ0v) is 16.4. The van der Waals surface area contributed by atoms with E-state index >= 15 is 0 Å². The number of anilines is 1. The summed E-state index contributed by atoms with van der Waals surface area (Å²) in [6, 6.07) is 12.4. The van der Waals surface area contributed by atoms with Gasteiger partial charge >= 0.3 is 6.03 Å². The van der Waals surface area contributed by atoms with Crippen LogP contribution in [0.5, 0.6) is 0 Å². The van der Waals surface area contributed by atoms with Crippen LogP contribution in [0.25, 0.3) is 0 Å². The lowest BCUT2D eigenvalue weighted by atomic mass is 9.92. The van der Waals surface area contributed by atoms with E-state index in [9.17, 15) is 19.2 Å². The highest BCUT2D eigenvalue weighted by molar-refractivity contribution is 9.10. The van der Waals surface area contributed by atoms with Gasteiger partial charge in [-0.3, -0.25) is 19.3 Å². The summed E-state index contributed by atoms with van der Waals surface area (Å²) >= 11 is 3.39. The number of imide groups is 1. The molecule has 1 aliphatic heterocycles. The molecule has 0 bridgehead atoms. The van der Waals surface area contributed by atoms with Gasteiger partial charge < -0.3 is 16.4 Å². The lowest BCUT2D eigenvalue weighted by Gasteiger charge is -2.23. The third-order valence-electron chi connectivity index (χ3n) is 4.44. The van der Waals surface area contributed by atoms with Gasteiger partial charge in [-0.15, -0.1) is 0 Å². The monoisotopic (exact) mass is 444 g/mol. The van der Waals surface area contributed by atoms with Crippen LogP contribution in [0.2, 0.25) is 0 Å². The van der Waals surface area contributed by atoms with E-state index < -0.39 is 35.8 Å². The molecule has 0 saturated carbocycles. The van der Waals surface area contributed by atoms with Gasteiger partial charge in [0.25, 0.3) is 5.91 Å². The second-order valence-electron chi connectivity index (χ2n) is 6.42. The normalized spacial score (nSPS) is 18.7. The molecule has 3 rings (SSSR count). The van der Waals surface area contributed by atoms with Crippen LogP contribution in [0.4, 0.5) is 10.5 Å². The summed E-state index contributed by atoms with van der Waals surface area (Å²) in [5, 5.41) is 5.23. The number of amides is 5. The maximum atomic E-state index is 12.9. The fraction of sp³-hybridized carbons (Fsp3) is 0.158. The van der Waals surface area contributed by atoms with E-state index in [2.05, 4.69) is 26.6 Å². The first kappa shape index (κ1) is 19.6. The zero-order chi connectivity index (χ0) is 20.5. The van der Waals surface area contributed by atoms with Gasteiger partial charge in [0.05, 0.1) is 0 Å². The molecule has 0 spiro atoms. The number of hydrogen-bond acceptors (Lipinski definition) is 4. The Morgan fingerprint density at radius 3 is 2.39 bits per heavy atom. The lowest BCUT2D eigenvalue weighted by molar-refractivity contribution is -0.133. The van der Waals surface area contributed by atoms with Gasteiger partial charge in [-0.25, -0.2) is 4.79 Å². The topological polar surface area (TPSA) is 122 Å². The van der Waals surface area contributed by atoms with E-state index in [0.29, 0.717) is 21.3 Å². The molecule has 2 aromatic carbocycles. The quantitative estimate of drug-likeness (QED) is 0.609. The van der Waals surface area contributed by atoms with Crippen molar-refractivity contribution in [2.45, 2.75) is 12.5 Å². The van der Waals surface area contributed by atoms with Crippen LogP contribution < -0.4 is 16.4 Å². The number of nitrogens with zero attached hydrogens (tertiary/aromatic N) is 1. The van der Waals surface area contributed by atoms with Gasteiger partial charge in [0.1, 0.15) is 12.1 Å². The van der Waals surface area contributed by atoms with Crippen LogP contribution >= 0.6 is 15.9 Å². The molecule has 0 radical (unpaired) electrons. The number of carbonyl (C=O) groups is 4. The first-order valence-corrected chi connectivity index (χ1v) is 9.10. The molecule has 28 heavy (non-hydrogen) atoms. The lowest BCUT2D eigenvalue weighted by Crippen LogP contribution is -2.42. The van der Waals surface area contributed by atoms with E-state index in [1.165, 1.54) is 24.3 Å². The summed E-state index contributed by atoms with van der Waals surface area (Å²) in [7, 11) is 0. The van der Waals surface area contributed by atoms with Gasteiger partial charge in [-0.2, -0.15) is 0 Å². The second-order valence-corrected chi connectivity index (χ2v) is 7.27. The number of nitrogens with two attached hydrogens (primary N) is 1. The number of nitrogens with one attached hydrogen (secondary N) is 2.